The first-order valence-electron chi connectivity index (χ1n) is 6.82. The SMILES string of the molecule is COc1ccc(Cl)cc1NC(=O)c1[nH]c2ccccc2c1C. The predicted molar refractivity (Wildman–Crippen MR) is 89.0 cm³/mol. The molecule has 0 aliphatic heterocycles. The van der Waals surface area contributed by atoms with Gasteiger partial charge in [-0.25, -0.2) is 0 Å². The number of halogens is 1. The number of aromatic amines is 1. The Balaban J connectivity index is 1.97. The van der Waals surface area contributed by atoms with Crippen molar-refractivity contribution in [1.82, 2.24) is 4.98 Å². The van der Waals surface area contributed by atoms with Gasteiger partial charge in [0.15, 0.2) is 0 Å². The van der Waals surface area contributed by atoms with Crippen LogP contribution in [0.2, 0.25) is 5.02 Å². The van der Waals surface area contributed by atoms with Crippen molar-refractivity contribution in [3.63, 3.8) is 0 Å². The molecule has 3 rings (SSSR count). The fourth-order valence-electron chi connectivity index (χ4n) is 2.47. The average Bonchev–Trinajstić information content (AvgIpc) is 2.85. The molecule has 1 aromatic heterocycles. The van der Waals surface area contributed by atoms with Crippen LogP contribution in [0.15, 0.2) is 42.5 Å². The molecule has 0 spiro atoms. The smallest absolute Gasteiger partial charge is 0.272 e. The lowest BCUT2D eigenvalue weighted by Crippen LogP contribution is -2.14. The van der Waals surface area contributed by atoms with E-state index in [9.17, 15) is 4.79 Å². The highest BCUT2D eigenvalue weighted by atomic mass is 35.5. The first kappa shape index (κ1) is 14.5. The number of hydrogen-bond acceptors (Lipinski definition) is 2. The van der Waals surface area contributed by atoms with E-state index in [0.29, 0.717) is 22.2 Å². The van der Waals surface area contributed by atoms with Crippen LogP contribution in [0.25, 0.3) is 10.9 Å². The molecular weight excluding hydrogens is 300 g/mol. The molecule has 0 saturated heterocycles. The minimum Gasteiger partial charge on any atom is -0.495 e. The summed E-state index contributed by atoms with van der Waals surface area (Å²) in [7, 11) is 1.55. The van der Waals surface area contributed by atoms with Crippen LogP contribution in [0.1, 0.15) is 16.1 Å². The second-order valence-corrected chi connectivity index (χ2v) is 5.41. The van der Waals surface area contributed by atoms with Gasteiger partial charge in [-0.1, -0.05) is 29.8 Å². The fourth-order valence-corrected chi connectivity index (χ4v) is 2.64. The van der Waals surface area contributed by atoms with Crippen molar-refractivity contribution >= 4 is 34.1 Å². The Bertz CT molecular complexity index is 855. The Morgan fingerprint density at radius 2 is 2.00 bits per heavy atom. The van der Waals surface area contributed by atoms with E-state index in [2.05, 4.69) is 10.3 Å². The van der Waals surface area contributed by atoms with Gasteiger partial charge in [0.25, 0.3) is 5.91 Å². The highest BCUT2D eigenvalue weighted by Gasteiger charge is 2.16. The van der Waals surface area contributed by atoms with E-state index in [0.717, 1.165) is 16.5 Å². The lowest BCUT2D eigenvalue weighted by molar-refractivity contribution is 0.102. The summed E-state index contributed by atoms with van der Waals surface area (Å²) in [5, 5.41) is 4.41. The number of hydrogen-bond donors (Lipinski definition) is 2. The molecule has 0 bridgehead atoms. The van der Waals surface area contributed by atoms with Crippen molar-refractivity contribution in [3.05, 3.63) is 58.7 Å². The number of anilines is 1. The highest BCUT2D eigenvalue weighted by molar-refractivity contribution is 6.31. The first-order chi connectivity index (χ1) is 10.6. The minimum absolute atomic E-state index is 0.228. The number of benzene rings is 2. The van der Waals surface area contributed by atoms with E-state index in [-0.39, 0.29) is 5.91 Å². The molecule has 112 valence electrons. The van der Waals surface area contributed by atoms with E-state index in [1.165, 1.54) is 0 Å². The molecule has 0 unspecified atom stereocenters. The van der Waals surface area contributed by atoms with Gasteiger partial charge in [-0.15, -0.1) is 0 Å². The third-order valence-electron chi connectivity index (χ3n) is 3.60. The molecule has 0 fully saturated rings. The number of fused-ring (bicyclic) bond motifs is 1. The second kappa shape index (κ2) is 5.73. The zero-order chi connectivity index (χ0) is 15.7. The summed E-state index contributed by atoms with van der Waals surface area (Å²) in [6.07, 6.45) is 0. The highest BCUT2D eigenvalue weighted by Crippen LogP contribution is 2.29. The molecule has 2 N–H and O–H groups in total. The number of nitrogens with one attached hydrogen (secondary N) is 2. The monoisotopic (exact) mass is 314 g/mol. The molecule has 5 heteroatoms. The Morgan fingerprint density at radius 3 is 2.73 bits per heavy atom. The van der Waals surface area contributed by atoms with Gasteiger partial charge in [-0.3, -0.25) is 4.79 Å². The standard InChI is InChI=1S/C17H15ClN2O2/c1-10-12-5-3-4-6-13(12)19-16(10)17(21)20-14-9-11(18)7-8-15(14)22-2/h3-9,19H,1-2H3,(H,20,21). The van der Waals surface area contributed by atoms with Crippen LogP contribution in [0, 0.1) is 6.92 Å². The van der Waals surface area contributed by atoms with Crippen LogP contribution in [0.4, 0.5) is 5.69 Å². The molecule has 0 saturated carbocycles. The zero-order valence-corrected chi connectivity index (χ0v) is 13.0. The number of aryl methyl sites for hydroxylation is 1. The third kappa shape index (κ3) is 2.53. The molecule has 0 aliphatic rings. The number of amides is 1. The first-order valence-corrected chi connectivity index (χ1v) is 7.20. The summed E-state index contributed by atoms with van der Waals surface area (Å²) in [6, 6.07) is 12.9. The van der Waals surface area contributed by atoms with Crippen molar-refractivity contribution < 1.29 is 9.53 Å². The molecule has 1 heterocycles. The van der Waals surface area contributed by atoms with Gasteiger partial charge in [-0.05, 0) is 36.8 Å². The summed E-state index contributed by atoms with van der Waals surface area (Å²) in [5.74, 6) is 0.334. The summed E-state index contributed by atoms with van der Waals surface area (Å²) in [6.45, 7) is 1.92. The van der Waals surface area contributed by atoms with E-state index in [1.54, 1.807) is 25.3 Å². The number of carbonyl (C=O) groups excluding carboxylic acids is 1. The van der Waals surface area contributed by atoms with Crippen LogP contribution >= 0.6 is 11.6 Å². The van der Waals surface area contributed by atoms with Gasteiger partial charge >= 0.3 is 0 Å². The Kier molecular flexibility index (Phi) is 3.77. The molecule has 0 aliphatic carbocycles. The number of para-hydroxylation sites is 1. The van der Waals surface area contributed by atoms with Crippen LogP contribution in [-0.4, -0.2) is 18.0 Å². The maximum Gasteiger partial charge on any atom is 0.272 e. The van der Waals surface area contributed by atoms with Crippen molar-refractivity contribution in [1.29, 1.82) is 0 Å². The average molecular weight is 315 g/mol. The Morgan fingerprint density at radius 1 is 1.23 bits per heavy atom. The Hall–Kier alpha value is -2.46. The number of H-pyrrole nitrogens is 1. The molecule has 2 aromatic carbocycles. The maximum atomic E-state index is 12.5. The van der Waals surface area contributed by atoms with E-state index in [1.807, 2.05) is 31.2 Å². The molecule has 0 radical (unpaired) electrons. The summed E-state index contributed by atoms with van der Waals surface area (Å²) >= 11 is 5.98. The van der Waals surface area contributed by atoms with E-state index < -0.39 is 0 Å². The number of aromatic nitrogens is 1. The van der Waals surface area contributed by atoms with Gasteiger partial charge in [-0.2, -0.15) is 0 Å². The van der Waals surface area contributed by atoms with Gasteiger partial charge in [0.2, 0.25) is 0 Å². The molecule has 1 amide bonds. The van der Waals surface area contributed by atoms with Gasteiger partial charge in [0.05, 0.1) is 12.8 Å². The van der Waals surface area contributed by atoms with Crippen LogP contribution < -0.4 is 10.1 Å². The van der Waals surface area contributed by atoms with Crippen LogP contribution in [-0.2, 0) is 0 Å². The number of carbonyl (C=O) groups is 1. The van der Waals surface area contributed by atoms with Crippen molar-refractivity contribution in [2.45, 2.75) is 6.92 Å². The van der Waals surface area contributed by atoms with Crippen molar-refractivity contribution in [2.24, 2.45) is 0 Å². The number of methoxy groups -OCH3 is 1. The fraction of sp³-hybridized carbons (Fsp3) is 0.118. The molecule has 3 aromatic rings. The van der Waals surface area contributed by atoms with E-state index >= 15 is 0 Å². The van der Waals surface area contributed by atoms with Gasteiger partial charge in [0.1, 0.15) is 11.4 Å². The molecule has 4 nitrogen and oxygen atoms in total. The maximum absolute atomic E-state index is 12.5. The largest absolute Gasteiger partial charge is 0.495 e. The van der Waals surface area contributed by atoms with Crippen LogP contribution in [0.5, 0.6) is 5.75 Å². The predicted octanol–water partition coefficient (Wildman–Crippen LogP) is 4.39. The zero-order valence-electron chi connectivity index (χ0n) is 12.2. The second-order valence-electron chi connectivity index (χ2n) is 4.97. The number of ether oxygens (including phenoxy) is 1. The molecule has 22 heavy (non-hydrogen) atoms. The van der Waals surface area contributed by atoms with E-state index in [4.69, 9.17) is 16.3 Å². The minimum atomic E-state index is -0.228. The lowest BCUT2D eigenvalue weighted by Gasteiger charge is -2.10. The normalized spacial score (nSPS) is 10.7. The van der Waals surface area contributed by atoms with Gasteiger partial charge < -0.3 is 15.0 Å². The lowest BCUT2D eigenvalue weighted by atomic mass is 10.1. The molecule has 0 atom stereocenters. The summed E-state index contributed by atoms with van der Waals surface area (Å²) < 4.78 is 5.24. The summed E-state index contributed by atoms with van der Waals surface area (Å²) in [5.41, 5.74) is 2.92. The van der Waals surface area contributed by atoms with Crippen molar-refractivity contribution in [3.8, 4) is 5.75 Å². The Labute approximate surface area is 133 Å². The quantitative estimate of drug-likeness (QED) is 0.753. The topological polar surface area (TPSA) is 54.1 Å². The number of rotatable bonds is 3. The molecular formula is C17H15ClN2O2. The summed E-state index contributed by atoms with van der Waals surface area (Å²) in [4.78, 5) is 15.7. The van der Waals surface area contributed by atoms with Gasteiger partial charge in [0, 0.05) is 15.9 Å². The van der Waals surface area contributed by atoms with Crippen molar-refractivity contribution in [2.75, 3.05) is 12.4 Å². The third-order valence-corrected chi connectivity index (χ3v) is 3.84. The van der Waals surface area contributed by atoms with Crippen LogP contribution in [0.3, 0.4) is 0 Å².